The van der Waals surface area contributed by atoms with Crippen molar-refractivity contribution >= 4 is 23.2 Å². The number of fused-ring (bicyclic) bond motifs is 1. The van der Waals surface area contributed by atoms with Gasteiger partial charge < -0.3 is 9.67 Å². The largest absolute Gasteiger partial charge is 0.477 e. The van der Waals surface area contributed by atoms with E-state index in [2.05, 4.69) is 0 Å². The van der Waals surface area contributed by atoms with Crippen LogP contribution in [0.25, 0.3) is 10.9 Å². The second-order valence-electron chi connectivity index (χ2n) is 4.21. The number of hydrogen-bond donors (Lipinski definition) is 1. The summed E-state index contributed by atoms with van der Waals surface area (Å²) in [7, 11) is 0. The summed E-state index contributed by atoms with van der Waals surface area (Å²) in [6.07, 6.45) is 2.49. The first kappa shape index (κ1) is 12.4. The Hall–Kier alpha value is -2.10. The number of carboxylic acids is 1. The zero-order valence-electron chi connectivity index (χ0n) is 10.2. The molecule has 94 valence electrons. The molecule has 1 aromatic carbocycles. The first-order valence-electron chi connectivity index (χ1n) is 6.00. The molecular formula is C14H15NO3. The monoisotopic (exact) mass is 245 g/mol. The highest BCUT2D eigenvalue weighted by Gasteiger charge is 2.21. The molecular weight excluding hydrogens is 230 g/mol. The number of aldehydes is 1. The molecule has 0 aliphatic carbocycles. The zero-order chi connectivity index (χ0) is 13.1. The molecule has 1 N–H and O–H groups in total. The zero-order valence-corrected chi connectivity index (χ0v) is 10.2. The molecule has 1 aromatic heterocycles. The average Bonchev–Trinajstić information content (AvgIpc) is 2.70. The van der Waals surface area contributed by atoms with Gasteiger partial charge in [-0.25, -0.2) is 4.79 Å². The summed E-state index contributed by atoms with van der Waals surface area (Å²) in [5.74, 6) is -1.05. The van der Waals surface area contributed by atoms with Crippen LogP contribution in [0.3, 0.4) is 0 Å². The van der Waals surface area contributed by atoms with E-state index in [0.29, 0.717) is 18.2 Å². The standard InChI is InChI=1S/C14H15NO3/c1-2-3-8-15-12-7-5-4-6-10(12)11(9-16)13(15)14(17)18/h4-7,9H,2-3,8H2,1H3,(H,17,18). The van der Waals surface area contributed by atoms with E-state index in [1.54, 1.807) is 10.6 Å². The Labute approximate surface area is 105 Å². The van der Waals surface area contributed by atoms with Crippen molar-refractivity contribution in [2.45, 2.75) is 26.3 Å². The van der Waals surface area contributed by atoms with Gasteiger partial charge >= 0.3 is 5.97 Å². The maximum atomic E-state index is 11.4. The summed E-state index contributed by atoms with van der Waals surface area (Å²) >= 11 is 0. The molecule has 0 spiro atoms. The van der Waals surface area contributed by atoms with Crippen molar-refractivity contribution in [3.63, 3.8) is 0 Å². The normalized spacial score (nSPS) is 10.7. The summed E-state index contributed by atoms with van der Waals surface area (Å²) in [6.45, 7) is 2.67. The number of nitrogens with zero attached hydrogens (tertiary/aromatic N) is 1. The molecule has 0 atom stereocenters. The number of aryl methyl sites for hydroxylation is 1. The highest BCUT2D eigenvalue weighted by atomic mass is 16.4. The van der Waals surface area contributed by atoms with Crippen LogP contribution < -0.4 is 0 Å². The molecule has 1 heterocycles. The number of carbonyl (C=O) groups is 2. The summed E-state index contributed by atoms with van der Waals surface area (Å²) in [4.78, 5) is 22.5. The summed E-state index contributed by atoms with van der Waals surface area (Å²) in [5, 5.41) is 10.0. The van der Waals surface area contributed by atoms with E-state index in [9.17, 15) is 14.7 Å². The van der Waals surface area contributed by atoms with Crippen LogP contribution in [-0.4, -0.2) is 21.9 Å². The molecule has 4 heteroatoms. The average molecular weight is 245 g/mol. The molecule has 4 nitrogen and oxygen atoms in total. The van der Waals surface area contributed by atoms with Crippen LogP contribution in [0, 0.1) is 0 Å². The number of benzene rings is 1. The fourth-order valence-corrected chi connectivity index (χ4v) is 2.23. The van der Waals surface area contributed by atoms with Gasteiger partial charge in [-0.05, 0) is 12.5 Å². The van der Waals surface area contributed by atoms with Gasteiger partial charge in [-0.3, -0.25) is 4.79 Å². The van der Waals surface area contributed by atoms with Gasteiger partial charge in [0.05, 0.1) is 5.56 Å². The van der Waals surface area contributed by atoms with Crippen molar-refractivity contribution in [3.8, 4) is 0 Å². The number of carboxylic acid groups (broad SMARTS) is 1. The second-order valence-corrected chi connectivity index (χ2v) is 4.21. The third kappa shape index (κ3) is 1.90. The summed E-state index contributed by atoms with van der Waals surface area (Å²) in [5.41, 5.74) is 1.18. The smallest absolute Gasteiger partial charge is 0.353 e. The number of para-hydroxylation sites is 1. The molecule has 2 rings (SSSR count). The molecule has 0 bridgehead atoms. The SMILES string of the molecule is CCCCn1c(C(=O)O)c(C=O)c2ccccc21. The van der Waals surface area contributed by atoms with Crippen LogP contribution in [0.2, 0.25) is 0 Å². The third-order valence-corrected chi connectivity index (χ3v) is 3.07. The van der Waals surface area contributed by atoms with Crippen LogP contribution in [-0.2, 0) is 6.54 Å². The van der Waals surface area contributed by atoms with Crippen molar-refractivity contribution in [2.24, 2.45) is 0 Å². The van der Waals surface area contributed by atoms with Gasteiger partial charge in [0.15, 0.2) is 6.29 Å². The number of rotatable bonds is 5. The van der Waals surface area contributed by atoms with E-state index in [4.69, 9.17) is 0 Å². The highest BCUT2D eigenvalue weighted by molar-refractivity contribution is 6.08. The lowest BCUT2D eigenvalue weighted by atomic mass is 10.1. The quantitative estimate of drug-likeness (QED) is 0.824. The van der Waals surface area contributed by atoms with E-state index in [1.165, 1.54) is 0 Å². The lowest BCUT2D eigenvalue weighted by Gasteiger charge is -2.07. The molecule has 0 fully saturated rings. The Morgan fingerprint density at radius 1 is 1.39 bits per heavy atom. The Balaban J connectivity index is 2.74. The maximum absolute atomic E-state index is 11.4. The van der Waals surface area contributed by atoms with Gasteiger partial charge in [0.25, 0.3) is 0 Å². The number of aromatic carboxylic acids is 1. The van der Waals surface area contributed by atoms with E-state index < -0.39 is 5.97 Å². The Bertz CT molecular complexity index is 598. The van der Waals surface area contributed by atoms with E-state index in [-0.39, 0.29) is 11.3 Å². The number of hydrogen-bond acceptors (Lipinski definition) is 2. The highest BCUT2D eigenvalue weighted by Crippen LogP contribution is 2.25. The Kier molecular flexibility index (Phi) is 3.46. The fourth-order valence-electron chi connectivity index (χ4n) is 2.23. The lowest BCUT2D eigenvalue weighted by Crippen LogP contribution is -2.10. The molecule has 0 saturated carbocycles. The molecule has 0 radical (unpaired) electrons. The lowest BCUT2D eigenvalue weighted by molar-refractivity contribution is 0.0682. The van der Waals surface area contributed by atoms with Crippen molar-refractivity contribution in [1.29, 1.82) is 0 Å². The molecule has 0 saturated heterocycles. The van der Waals surface area contributed by atoms with Crippen molar-refractivity contribution < 1.29 is 14.7 Å². The van der Waals surface area contributed by atoms with Crippen LogP contribution >= 0.6 is 0 Å². The number of carbonyl (C=O) groups excluding carboxylic acids is 1. The van der Waals surface area contributed by atoms with Gasteiger partial charge in [0.2, 0.25) is 0 Å². The Morgan fingerprint density at radius 2 is 2.11 bits per heavy atom. The molecule has 18 heavy (non-hydrogen) atoms. The minimum absolute atomic E-state index is 0.0969. The van der Waals surface area contributed by atoms with Crippen LogP contribution in [0.1, 0.15) is 40.6 Å². The topological polar surface area (TPSA) is 59.3 Å². The van der Waals surface area contributed by atoms with Crippen LogP contribution in [0.4, 0.5) is 0 Å². The Morgan fingerprint density at radius 3 is 2.72 bits per heavy atom. The van der Waals surface area contributed by atoms with Gasteiger partial charge in [-0.15, -0.1) is 0 Å². The molecule has 0 aliphatic heterocycles. The van der Waals surface area contributed by atoms with Gasteiger partial charge in [0.1, 0.15) is 5.69 Å². The molecule has 0 aliphatic rings. The first-order valence-corrected chi connectivity index (χ1v) is 6.00. The third-order valence-electron chi connectivity index (χ3n) is 3.07. The number of unbranched alkanes of at least 4 members (excludes halogenated alkanes) is 1. The van der Waals surface area contributed by atoms with Crippen molar-refractivity contribution in [1.82, 2.24) is 4.57 Å². The van der Waals surface area contributed by atoms with Crippen LogP contribution in [0.15, 0.2) is 24.3 Å². The van der Waals surface area contributed by atoms with E-state index >= 15 is 0 Å². The first-order chi connectivity index (χ1) is 8.70. The maximum Gasteiger partial charge on any atom is 0.353 e. The summed E-state index contributed by atoms with van der Waals surface area (Å²) < 4.78 is 1.73. The minimum atomic E-state index is -1.05. The predicted molar refractivity (Wildman–Crippen MR) is 69.2 cm³/mol. The molecule has 2 aromatic rings. The van der Waals surface area contributed by atoms with Crippen LogP contribution in [0.5, 0.6) is 0 Å². The number of aromatic nitrogens is 1. The van der Waals surface area contributed by atoms with Gasteiger partial charge in [0, 0.05) is 17.4 Å². The predicted octanol–water partition coefficient (Wildman–Crippen LogP) is 2.95. The van der Waals surface area contributed by atoms with Gasteiger partial charge in [-0.1, -0.05) is 31.5 Å². The van der Waals surface area contributed by atoms with Crippen molar-refractivity contribution in [3.05, 3.63) is 35.5 Å². The van der Waals surface area contributed by atoms with Gasteiger partial charge in [-0.2, -0.15) is 0 Å². The molecule has 0 amide bonds. The molecule has 0 unspecified atom stereocenters. The van der Waals surface area contributed by atoms with E-state index in [1.807, 2.05) is 25.1 Å². The van der Waals surface area contributed by atoms with E-state index in [0.717, 1.165) is 18.4 Å². The summed E-state index contributed by atoms with van der Waals surface area (Å²) in [6, 6.07) is 7.30. The minimum Gasteiger partial charge on any atom is -0.477 e. The van der Waals surface area contributed by atoms with Crippen molar-refractivity contribution in [2.75, 3.05) is 0 Å². The second kappa shape index (κ2) is 5.04. The fraction of sp³-hybridized carbons (Fsp3) is 0.286.